The van der Waals surface area contributed by atoms with E-state index in [-0.39, 0.29) is 18.5 Å². The first-order valence-corrected chi connectivity index (χ1v) is 5.49. The van der Waals surface area contributed by atoms with Crippen LogP contribution in [0.15, 0.2) is 11.6 Å². The van der Waals surface area contributed by atoms with Crippen molar-refractivity contribution in [2.45, 2.75) is 12.5 Å². The average molecular weight is 212 g/mol. The zero-order valence-corrected chi connectivity index (χ0v) is 8.55. The molecular formula is C9H12N2O2S. The van der Waals surface area contributed by atoms with E-state index in [0.717, 1.165) is 19.5 Å². The molecule has 1 fully saturated rings. The van der Waals surface area contributed by atoms with E-state index in [0.29, 0.717) is 5.01 Å². The van der Waals surface area contributed by atoms with E-state index < -0.39 is 0 Å². The zero-order chi connectivity index (χ0) is 9.80. The molecule has 0 radical (unpaired) electrons. The summed E-state index contributed by atoms with van der Waals surface area (Å²) in [4.78, 5) is 15.4. The number of carbonyl (C=O) groups is 1. The molecule has 0 unspecified atom stereocenters. The molecule has 0 spiro atoms. The summed E-state index contributed by atoms with van der Waals surface area (Å²) in [6.07, 6.45) is 2.82. The molecule has 0 aromatic carbocycles. The monoisotopic (exact) mass is 212 g/mol. The van der Waals surface area contributed by atoms with Gasteiger partial charge in [0.1, 0.15) is 6.61 Å². The van der Waals surface area contributed by atoms with Crippen LogP contribution in [0.1, 0.15) is 16.2 Å². The molecule has 0 saturated carbocycles. The molecule has 1 aliphatic heterocycles. The summed E-state index contributed by atoms with van der Waals surface area (Å²) < 4.78 is 5.44. The maximum atomic E-state index is 11.5. The lowest BCUT2D eigenvalue weighted by atomic mass is 10.3. The maximum absolute atomic E-state index is 11.5. The Labute approximate surface area is 86.3 Å². The van der Waals surface area contributed by atoms with Crippen LogP contribution in [-0.2, 0) is 4.74 Å². The molecule has 1 N–H and O–H groups in total. The molecule has 1 aromatic rings. The van der Waals surface area contributed by atoms with Gasteiger partial charge in [-0.15, -0.1) is 11.3 Å². The van der Waals surface area contributed by atoms with Crippen molar-refractivity contribution in [2.24, 2.45) is 0 Å². The molecule has 4 nitrogen and oxygen atoms in total. The van der Waals surface area contributed by atoms with E-state index in [1.165, 1.54) is 11.3 Å². The molecule has 2 heterocycles. The summed E-state index contributed by atoms with van der Waals surface area (Å²) >= 11 is 1.36. The Bertz CT molecular complexity index is 294. The number of Topliss-reactive ketones (excluding diaryl/α,β-unsaturated/α-hetero) is 1. The Morgan fingerprint density at radius 3 is 3.36 bits per heavy atom. The minimum atomic E-state index is -0.0214. The van der Waals surface area contributed by atoms with E-state index in [9.17, 15) is 4.79 Å². The molecule has 5 heteroatoms. The fraction of sp³-hybridized carbons (Fsp3) is 0.556. The van der Waals surface area contributed by atoms with Gasteiger partial charge in [0, 0.05) is 18.1 Å². The van der Waals surface area contributed by atoms with Gasteiger partial charge >= 0.3 is 0 Å². The number of nitrogens with zero attached hydrogens (tertiary/aromatic N) is 1. The van der Waals surface area contributed by atoms with Crippen LogP contribution in [0.25, 0.3) is 0 Å². The van der Waals surface area contributed by atoms with Gasteiger partial charge in [0.15, 0.2) is 5.01 Å². The van der Waals surface area contributed by atoms with Crippen LogP contribution in [0.4, 0.5) is 0 Å². The lowest BCUT2D eigenvalue weighted by Crippen LogP contribution is -2.20. The van der Waals surface area contributed by atoms with Crippen molar-refractivity contribution in [3.8, 4) is 0 Å². The zero-order valence-electron chi connectivity index (χ0n) is 7.73. The van der Waals surface area contributed by atoms with Crippen LogP contribution >= 0.6 is 11.3 Å². The Morgan fingerprint density at radius 2 is 2.71 bits per heavy atom. The molecule has 14 heavy (non-hydrogen) atoms. The Morgan fingerprint density at radius 1 is 1.79 bits per heavy atom. The van der Waals surface area contributed by atoms with Crippen molar-refractivity contribution in [3.05, 3.63) is 16.6 Å². The SMILES string of the molecule is O=C(CO[C@H]1CCNC1)c1nccs1. The number of hydrogen-bond donors (Lipinski definition) is 1. The lowest BCUT2D eigenvalue weighted by Gasteiger charge is -2.07. The number of thiazole rings is 1. The van der Waals surface area contributed by atoms with Crippen molar-refractivity contribution in [1.29, 1.82) is 0 Å². The van der Waals surface area contributed by atoms with Crippen molar-refractivity contribution < 1.29 is 9.53 Å². The van der Waals surface area contributed by atoms with Crippen LogP contribution in [0.3, 0.4) is 0 Å². The molecule has 0 amide bonds. The van der Waals surface area contributed by atoms with E-state index >= 15 is 0 Å². The second kappa shape index (κ2) is 4.63. The van der Waals surface area contributed by atoms with Crippen LogP contribution < -0.4 is 5.32 Å². The molecule has 1 atom stereocenters. The standard InChI is InChI=1S/C9H12N2O2S/c12-8(9-11-3-4-14-9)6-13-7-1-2-10-5-7/h3-4,7,10H,1-2,5-6H2/t7-/m0/s1. The molecule has 76 valence electrons. The molecule has 1 aliphatic rings. The van der Waals surface area contributed by atoms with E-state index in [4.69, 9.17) is 4.74 Å². The highest BCUT2D eigenvalue weighted by molar-refractivity contribution is 7.11. The number of ketones is 1. The fourth-order valence-electron chi connectivity index (χ4n) is 1.39. The third kappa shape index (κ3) is 2.37. The second-order valence-electron chi connectivity index (χ2n) is 3.19. The number of ether oxygens (including phenoxy) is 1. The van der Waals surface area contributed by atoms with Gasteiger partial charge in [-0.2, -0.15) is 0 Å². The van der Waals surface area contributed by atoms with Crippen molar-refractivity contribution >= 4 is 17.1 Å². The number of nitrogens with one attached hydrogen (secondary N) is 1. The molecule has 0 aliphatic carbocycles. The van der Waals surface area contributed by atoms with Gasteiger partial charge in [-0.1, -0.05) is 0 Å². The van der Waals surface area contributed by atoms with Gasteiger partial charge in [0.25, 0.3) is 0 Å². The molecule has 1 aromatic heterocycles. The number of aromatic nitrogens is 1. The van der Waals surface area contributed by atoms with Crippen molar-refractivity contribution in [1.82, 2.24) is 10.3 Å². The Hall–Kier alpha value is -0.780. The third-order valence-corrected chi connectivity index (χ3v) is 2.95. The average Bonchev–Trinajstić information content (AvgIpc) is 2.87. The summed E-state index contributed by atoms with van der Waals surface area (Å²) in [5, 5.41) is 5.52. The van der Waals surface area contributed by atoms with E-state index in [1.54, 1.807) is 11.6 Å². The highest BCUT2D eigenvalue weighted by atomic mass is 32.1. The summed E-state index contributed by atoms with van der Waals surface area (Å²) in [5.74, 6) is -0.0214. The van der Waals surface area contributed by atoms with E-state index in [1.807, 2.05) is 0 Å². The summed E-state index contributed by atoms with van der Waals surface area (Å²) in [5.41, 5.74) is 0. The summed E-state index contributed by atoms with van der Waals surface area (Å²) in [6, 6.07) is 0. The minimum Gasteiger partial charge on any atom is -0.369 e. The third-order valence-electron chi connectivity index (χ3n) is 2.14. The molecular weight excluding hydrogens is 200 g/mol. The molecule has 1 saturated heterocycles. The molecule has 2 rings (SSSR count). The van der Waals surface area contributed by atoms with Crippen molar-refractivity contribution in [3.63, 3.8) is 0 Å². The second-order valence-corrected chi connectivity index (χ2v) is 4.08. The summed E-state index contributed by atoms with van der Waals surface area (Å²) in [7, 11) is 0. The first-order valence-electron chi connectivity index (χ1n) is 4.61. The van der Waals surface area contributed by atoms with Gasteiger partial charge < -0.3 is 10.1 Å². The Kier molecular flexibility index (Phi) is 3.23. The number of carbonyl (C=O) groups excluding carboxylic acids is 1. The number of hydrogen-bond acceptors (Lipinski definition) is 5. The van der Waals surface area contributed by atoms with Gasteiger partial charge in [-0.05, 0) is 13.0 Å². The van der Waals surface area contributed by atoms with Gasteiger partial charge in [-0.3, -0.25) is 4.79 Å². The summed E-state index contributed by atoms with van der Waals surface area (Å²) in [6.45, 7) is 1.99. The van der Waals surface area contributed by atoms with Crippen LogP contribution in [0, 0.1) is 0 Å². The van der Waals surface area contributed by atoms with E-state index in [2.05, 4.69) is 10.3 Å². The predicted molar refractivity (Wildman–Crippen MR) is 53.7 cm³/mol. The minimum absolute atomic E-state index is 0.0214. The maximum Gasteiger partial charge on any atom is 0.216 e. The van der Waals surface area contributed by atoms with Crippen LogP contribution in [0.2, 0.25) is 0 Å². The smallest absolute Gasteiger partial charge is 0.216 e. The first-order chi connectivity index (χ1) is 6.86. The lowest BCUT2D eigenvalue weighted by molar-refractivity contribution is 0.0529. The normalized spacial score (nSPS) is 21.3. The first kappa shape index (κ1) is 9.76. The largest absolute Gasteiger partial charge is 0.369 e. The highest BCUT2D eigenvalue weighted by Crippen LogP contribution is 2.07. The van der Waals surface area contributed by atoms with Gasteiger partial charge in [-0.25, -0.2) is 4.98 Å². The van der Waals surface area contributed by atoms with Crippen molar-refractivity contribution in [2.75, 3.05) is 19.7 Å². The predicted octanol–water partition coefficient (Wildman–Crippen LogP) is 0.704. The van der Waals surface area contributed by atoms with Gasteiger partial charge in [0.2, 0.25) is 5.78 Å². The quantitative estimate of drug-likeness (QED) is 0.747. The van der Waals surface area contributed by atoms with Crippen LogP contribution in [-0.4, -0.2) is 36.6 Å². The fourth-order valence-corrected chi connectivity index (χ4v) is 1.95. The number of rotatable bonds is 4. The Balaban J connectivity index is 1.78. The van der Waals surface area contributed by atoms with Crippen LogP contribution in [0.5, 0.6) is 0 Å². The van der Waals surface area contributed by atoms with Gasteiger partial charge in [0.05, 0.1) is 6.10 Å². The highest BCUT2D eigenvalue weighted by Gasteiger charge is 2.17. The molecule has 0 bridgehead atoms. The topological polar surface area (TPSA) is 51.2 Å².